The molecule has 0 aromatic heterocycles. The van der Waals surface area contributed by atoms with E-state index in [4.69, 9.17) is 5.73 Å². The third kappa shape index (κ3) is 1.64. The Morgan fingerprint density at radius 2 is 2.17 bits per heavy atom. The summed E-state index contributed by atoms with van der Waals surface area (Å²) < 4.78 is 0. The van der Waals surface area contributed by atoms with Crippen LogP contribution in [0.2, 0.25) is 0 Å². The van der Waals surface area contributed by atoms with Gasteiger partial charge in [0.1, 0.15) is 0 Å². The number of hydrogen-bond donors (Lipinski definition) is 1. The molecule has 0 amide bonds. The van der Waals surface area contributed by atoms with Gasteiger partial charge in [0.05, 0.1) is 0 Å². The molecule has 2 heteroatoms. The van der Waals surface area contributed by atoms with Crippen molar-refractivity contribution in [3.8, 4) is 0 Å². The van der Waals surface area contributed by atoms with Gasteiger partial charge in [0.25, 0.3) is 0 Å². The first-order valence-electron chi connectivity index (χ1n) is 4.04. The summed E-state index contributed by atoms with van der Waals surface area (Å²) in [4.78, 5) is 11.3. The molecule has 1 aromatic rings. The molecule has 0 spiro atoms. The maximum Gasteiger partial charge on any atom is 0.164 e. The van der Waals surface area contributed by atoms with Crippen molar-refractivity contribution >= 4 is 11.5 Å². The van der Waals surface area contributed by atoms with Crippen LogP contribution in [0.3, 0.4) is 0 Å². The van der Waals surface area contributed by atoms with Gasteiger partial charge < -0.3 is 5.73 Å². The summed E-state index contributed by atoms with van der Waals surface area (Å²) in [7, 11) is 0. The minimum atomic E-state index is 0.108. The molecule has 2 nitrogen and oxygen atoms in total. The Bertz CT molecular complexity index is 305. The van der Waals surface area contributed by atoms with Gasteiger partial charge in [-0.25, -0.2) is 0 Å². The number of nitrogens with two attached hydrogens (primary N) is 1. The molecule has 0 fully saturated rings. The Morgan fingerprint density at radius 3 is 2.75 bits per heavy atom. The van der Waals surface area contributed by atoms with Crippen LogP contribution in [-0.2, 0) is 0 Å². The van der Waals surface area contributed by atoms with E-state index in [-0.39, 0.29) is 5.78 Å². The Morgan fingerprint density at radius 1 is 1.50 bits per heavy atom. The van der Waals surface area contributed by atoms with Crippen LogP contribution in [0.4, 0.5) is 5.69 Å². The molecule has 0 radical (unpaired) electrons. The number of anilines is 1. The molecule has 0 bridgehead atoms. The fourth-order valence-corrected chi connectivity index (χ4v) is 1.10. The molecule has 1 aromatic carbocycles. The van der Waals surface area contributed by atoms with Crippen LogP contribution in [0.25, 0.3) is 0 Å². The van der Waals surface area contributed by atoms with E-state index < -0.39 is 0 Å². The monoisotopic (exact) mass is 163 g/mol. The first-order chi connectivity index (χ1) is 5.65. The van der Waals surface area contributed by atoms with Crippen LogP contribution in [0.5, 0.6) is 0 Å². The average Bonchev–Trinajstić information content (AvgIpc) is 2.08. The summed E-state index contributed by atoms with van der Waals surface area (Å²) in [5.74, 6) is 0.108. The molecular weight excluding hydrogens is 150 g/mol. The number of hydrogen-bond acceptors (Lipinski definition) is 2. The number of rotatable bonds is 2. The first-order valence-corrected chi connectivity index (χ1v) is 4.04. The van der Waals surface area contributed by atoms with Crippen molar-refractivity contribution in [2.24, 2.45) is 0 Å². The van der Waals surface area contributed by atoms with Crippen molar-refractivity contribution in [2.75, 3.05) is 5.73 Å². The molecule has 64 valence electrons. The minimum Gasteiger partial charge on any atom is -0.398 e. The predicted molar refractivity (Wildman–Crippen MR) is 50.2 cm³/mol. The number of ketones is 1. The maximum absolute atomic E-state index is 11.3. The molecule has 0 heterocycles. The predicted octanol–water partition coefficient (Wildman–Crippen LogP) is 2.17. The number of carbonyl (C=O) groups is 1. The summed E-state index contributed by atoms with van der Waals surface area (Å²) in [5, 5.41) is 0. The highest BCUT2D eigenvalue weighted by Crippen LogP contribution is 2.15. The van der Waals surface area contributed by atoms with Crippen molar-refractivity contribution < 1.29 is 4.79 Å². The second kappa shape index (κ2) is 3.39. The standard InChI is InChI=1S/C10H13NO/c1-3-10(12)8-6-7(2)4-5-9(8)11/h4-6H,3,11H2,1-2H3. The lowest BCUT2D eigenvalue weighted by Crippen LogP contribution is -2.02. The average molecular weight is 163 g/mol. The van der Waals surface area contributed by atoms with Gasteiger partial charge in [-0.3, -0.25) is 4.79 Å². The summed E-state index contributed by atoms with van der Waals surface area (Å²) in [6.45, 7) is 3.79. The van der Waals surface area contributed by atoms with Crippen LogP contribution < -0.4 is 5.73 Å². The van der Waals surface area contributed by atoms with Gasteiger partial charge in [-0.15, -0.1) is 0 Å². The quantitative estimate of drug-likeness (QED) is 0.536. The summed E-state index contributed by atoms with van der Waals surface area (Å²) in [6, 6.07) is 5.52. The smallest absolute Gasteiger partial charge is 0.164 e. The number of aryl methyl sites for hydroxylation is 1. The number of Topliss-reactive ketones (excluding diaryl/α,β-unsaturated/α-hetero) is 1. The topological polar surface area (TPSA) is 43.1 Å². The van der Waals surface area contributed by atoms with Crippen molar-refractivity contribution in [3.05, 3.63) is 29.3 Å². The van der Waals surface area contributed by atoms with E-state index in [0.717, 1.165) is 5.56 Å². The number of benzene rings is 1. The van der Waals surface area contributed by atoms with E-state index in [1.165, 1.54) is 0 Å². The molecule has 0 atom stereocenters. The SMILES string of the molecule is CCC(=O)c1cc(C)ccc1N. The molecule has 2 N–H and O–H groups in total. The van der Waals surface area contributed by atoms with Gasteiger partial charge in [0, 0.05) is 17.7 Å². The second-order valence-corrected chi connectivity index (χ2v) is 2.87. The lowest BCUT2D eigenvalue weighted by molar-refractivity contribution is 0.0989. The van der Waals surface area contributed by atoms with Crippen molar-refractivity contribution in [3.63, 3.8) is 0 Å². The fourth-order valence-electron chi connectivity index (χ4n) is 1.10. The van der Waals surface area contributed by atoms with E-state index in [2.05, 4.69) is 0 Å². The van der Waals surface area contributed by atoms with Gasteiger partial charge in [-0.1, -0.05) is 18.6 Å². The Kier molecular flexibility index (Phi) is 2.48. The lowest BCUT2D eigenvalue weighted by atomic mass is 10.0. The van der Waals surface area contributed by atoms with E-state index in [1.54, 1.807) is 6.07 Å². The first kappa shape index (κ1) is 8.78. The number of carbonyl (C=O) groups excluding carboxylic acids is 1. The van der Waals surface area contributed by atoms with Crippen LogP contribution >= 0.6 is 0 Å². The second-order valence-electron chi connectivity index (χ2n) is 2.87. The summed E-state index contributed by atoms with van der Waals surface area (Å²) >= 11 is 0. The largest absolute Gasteiger partial charge is 0.398 e. The molecule has 12 heavy (non-hydrogen) atoms. The van der Waals surface area contributed by atoms with Crippen LogP contribution in [0.1, 0.15) is 29.3 Å². The Labute approximate surface area is 72.4 Å². The van der Waals surface area contributed by atoms with Crippen LogP contribution in [0, 0.1) is 6.92 Å². The zero-order chi connectivity index (χ0) is 9.14. The van der Waals surface area contributed by atoms with E-state index in [9.17, 15) is 4.79 Å². The molecule has 1 rings (SSSR count). The number of nitrogen functional groups attached to an aromatic ring is 1. The Balaban J connectivity index is 3.13. The van der Waals surface area contributed by atoms with E-state index >= 15 is 0 Å². The third-order valence-corrected chi connectivity index (χ3v) is 1.83. The highest BCUT2D eigenvalue weighted by atomic mass is 16.1. The van der Waals surface area contributed by atoms with Gasteiger partial charge in [-0.2, -0.15) is 0 Å². The molecular formula is C10H13NO. The maximum atomic E-state index is 11.3. The van der Waals surface area contributed by atoms with E-state index in [1.807, 2.05) is 26.0 Å². The third-order valence-electron chi connectivity index (χ3n) is 1.83. The minimum absolute atomic E-state index is 0.108. The van der Waals surface area contributed by atoms with Gasteiger partial charge in [-0.05, 0) is 19.1 Å². The molecule has 0 aliphatic rings. The van der Waals surface area contributed by atoms with Crippen molar-refractivity contribution in [1.29, 1.82) is 0 Å². The molecule has 0 saturated carbocycles. The van der Waals surface area contributed by atoms with E-state index in [0.29, 0.717) is 17.7 Å². The molecule has 0 aliphatic heterocycles. The zero-order valence-electron chi connectivity index (χ0n) is 7.42. The van der Waals surface area contributed by atoms with Gasteiger partial charge in [0.15, 0.2) is 5.78 Å². The van der Waals surface area contributed by atoms with Crippen LogP contribution in [0.15, 0.2) is 18.2 Å². The summed E-state index contributed by atoms with van der Waals surface area (Å²) in [5.41, 5.74) is 7.94. The zero-order valence-corrected chi connectivity index (χ0v) is 7.42. The fraction of sp³-hybridized carbons (Fsp3) is 0.300. The molecule has 0 saturated heterocycles. The van der Waals surface area contributed by atoms with Crippen molar-refractivity contribution in [1.82, 2.24) is 0 Å². The van der Waals surface area contributed by atoms with Gasteiger partial charge >= 0.3 is 0 Å². The highest BCUT2D eigenvalue weighted by molar-refractivity contribution is 6.00. The summed E-state index contributed by atoms with van der Waals surface area (Å²) in [6.07, 6.45) is 0.508. The van der Waals surface area contributed by atoms with Gasteiger partial charge in [0.2, 0.25) is 0 Å². The van der Waals surface area contributed by atoms with Crippen LogP contribution in [-0.4, -0.2) is 5.78 Å². The van der Waals surface area contributed by atoms with Crippen molar-refractivity contribution in [2.45, 2.75) is 20.3 Å². The molecule has 0 unspecified atom stereocenters. The molecule has 0 aliphatic carbocycles. The normalized spacial score (nSPS) is 9.83. The lowest BCUT2D eigenvalue weighted by Gasteiger charge is -2.03. The Hall–Kier alpha value is -1.31. The highest BCUT2D eigenvalue weighted by Gasteiger charge is 2.06.